The predicted octanol–water partition coefficient (Wildman–Crippen LogP) is -2.42. The first kappa shape index (κ1) is 13.5. The second-order valence-corrected chi connectivity index (χ2v) is 5.83. The fraction of sp³-hybridized carbons (Fsp3) is 0.714. The number of hydrogen-bond donors (Lipinski definition) is 3. The number of H-pyrrole nitrogens is 1. The Kier molecular flexibility index (Phi) is 4.52. The first-order valence-corrected chi connectivity index (χ1v) is 6.88. The summed E-state index contributed by atoms with van der Waals surface area (Å²) >= 11 is 0. The molecule has 1 rings (SSSR count). The Morgan fingerprint density at radius 1 is 1.59 bits per heavy atom. The lowest BCUT2D eigenvalue weighted by Gasteiger charge is -2.10. The van der Waals surface area contributed by atoms with Crippen LogP contribution in [0.4, 0.5) is 0 Å². The highest BCUT2D eigenvalue weighted by Gasteiger charge is 2.16. The van der Waals surface area contributed by atoms with Crippen molar-refractivity contribution in [2.75, 3.05) is 12.0 Å². The van der Waals surface area contributed by atoms with Crippen LogP contribution in [0, 0.1) is 0 Å². The smallest absolute Gasteiger partial charge is 0.237 e. The lowest BCUT2D eigenvalue weighted by Crippen LogP contribution is -2.41. The van der Waals surface area contributed by atoms with Gasteiger partial charge in [-0.1, -0.05) is 5.21 Å². The van der Waals surface area contributed by atoms with Crippen molar-refractivity contribution in [2.45, 2.75) is 19.0 Å². The molecule has 0 aromatic carbocycles. The van der Waals surface area contributed by atoms with E-state index >= 15 is 0 Å². The highest BCUT2D eigenvalue weighted by molar-refractivity contribution is 7.90. The summed E-state index contributed by atoms with van der Waals surface area (Å²) in [5.41, 5.74) is 5.52. The van der Waals surface area contributed by atoms with E-state index in [4.69, 9.17) is 5.73 Å². The van der Waals surface area contributed by atoms with E-state index in [9.17, 15) is 13.2 Å². The van der Waals surface area contributed by atoms with E-state index in [0.29, 0.717) is 5.82 Å². The van der Waals surface area contributed by atoms with Crippen LogP contribution in [0.1, 0.15) is 12.2 Å². The molecule has 0 aliphatic heterocycles. The summed E-state index contributed by atoms with van der Waals surface area (Å²) < 4.78 is 21.8. The van der Waals surface area contributed by atoms with Crippen LogP contribution in [-0.2, 0) is 21.2 Å². The van der Waals surface area contributed by atoms with E-state index < -0.39 is 21.8 Å². The number of nitrogens with two attached hydrogens (primary N) is 1. The third kappa shape index (κ3) is 5.36. The maximum atomic E-state index is 11.4. The number of tetrazole rings is 1. The van der Waals surface area contributed by atoms with Gasteiger partial charge in [0.2, 0.25) is 5.91 Å². The SMILES string of the molecule is CS(=O)(=O)CCC(N)C(=O)NCc1nn[nH]n1. The van der Waals surface area contributed by atoms with E-state index in [1.807, 2.05) is 0 Å². The molecule has 0 spiro atoms. The van der Waals surface area contributed by atoms with Crippen molar-refractivity contribution in [2.24, 2.45) is 5.73 Å². The summed E-state index contributed by atoms with van der Waals surface area (Å²) in [5, 5.41) is 15.3. The predicted molar refractivity (Wildman–Crippen MR) is 58.3 cm³/mol. The summed E-state index contributed by atoms with van der Waals surface area (Å²) in [6.07, 6.45) is 1.17. The third-order valence-electron chi connectivity index (χ3n) is 1.95. The van der Waals surface area contributed by atoms with E-state index in [-0.39, 0.29) is 18.7 Å². The highest BCUT2D eigenvalue weighted by atomic mass is 32.2. The van der Waals surface area contributed by atoms with Crippen molar-refractivity contribution in [3.63, 3.8) is 0 Å². The first-order valence-electron chi connectivity index (χ1n) is 4.82. The largest absolute Gasteiger partial charge is 0.347 e. The van der Waals surface area contributed by atoms with Crippen LogP contribution < -0.4 is 11.1 Å². The van der Waals surface area contributed by atoms with E-state index in [1.54, 1.807) is 0 Å². The molecule has 1 atom stereocenters. The fourth-order valence-corrected chi connectivity index (χ4v) is 1.71. The molecule has 0 saturated heterocycles. The normalized spacial score (nSPS) is 13.3. The molecule has 0 aliphatic carbocycles. The van der Waals surface area contributed by atoms with Gasteiger partial charge in [-0.25, -0.2) is 8.42 Å². The molecule has 1 unspecified atom stereocenters. The summed E-state index contributed by atoms with van der Waals surface area (Å²) in [5.74, 6) is -0.240. The molecule has 1 heterocycles. The molecule has 10 heteroatoms. The van der Waals surface area contributed by atoms with Crippen molar-refractivity contribution < 1.29 is 13.2 Å². The number of nitrogens with one attached hydrogen (secondary N) is 2. The number of sulfone groups is 1. The Hall–Kier alpha value is -1.55. The van der Waals surface area contributed by atoms with Crippen LogP contribution in [0.2, 0.25) is 0 Å². The van der Waals surface area contributed by atoms with Crippen molar-refractivity contribution in [3.8, 4) is 0 Å². The van der Waals surface area contributed by atoms with Crippen molar-refractivity contribution in [3.05, 3.63) is 5.82 Å². The Bertz CT molecular complexity index is 456. The van der Waals surface area contributed by atoms with Crippen molar-refractivity contribution in [1.29, 1.82) is 0 Å². The molecule has 17 heavy (non-hydrogen) atoms. The van der Waals surface area contributed by atoms with Gasteiger partial charge >= 0.3 is 0 Å². The van der Waals surface area contributed by atoms with Gasteiger partial charge in [-0.2, -0.15) is 5.21 Å². The van der Waals surface area contributed by atoms with Gasteiger partial charge in [-0.15, -0.1) is 10.2 Å². The van der Waals surface area contributed by atoms with Crippen LogP contribution in [0.15, 0.2) is 0 Å². The molecule has 1 aromatic heterocycles. The number of rotatable bonds is 6. The number of aromatic nitrogens is 4. The Morgan fingerprint density at radius 2 is 2.29 bits per heavy atom. The zero-order valence-corrected chi connectivity index (χ0v) is 10.1. The molecular formula is C7H14N6O3S. The quantitative estimate of drug-likeness (QED) is 0.517. The van der Waals surface area contributed by atoms with Crippen LogP contribution in [0.5, 0.6) is 0 Å². The number of amides is 1. The lowest BCUT2D eigenvalue weighted by molar-refractivity contribution is -0.122. The maximum absolute atomic E-state index is 11.4. The Balaban J connectivity index is 2.32. The minimum Gasteiger partial charge on any atom is -0.347 e. The van der Waals surface area contributed by atoms with Gasteiger partial charge in [0.1, 0.15) is 9.84 Å². The molecule has 0 aliphatic rings. The Morgan fingerprint density at radius 3 is 2.82 bits per heavy atom. The zero-order valence-electron chi connectivity index (χ0n) is 9.25. The average molecular weight is 262 g/mol. The summed E-state index contributed by atoms with van der Waals surface area (Å²) in [6, 6.07) is -0.864. The van der Waals surface area contributed by atoms with Crippen LogP contribution in [0.3, 0.4) is 0 Å². The number of aromatic amines is 1. The van der Waals surface area contributed by atoms with Gasteiger partial charge in [-0.3, -0.25) is 4.79 Å². The molecule has 0 bridgehead atoms. The molecule has 1 aromatic rings. The number of carbonyl (C=O) groups excluding carboxylic acids is 1. The van der Waals surface area contributed by atoms with Crippen molar-refractivity contribution >= 4 is 15.7 Å². The topological polar surface area (TPSA) is 144 Å². The second kappa shape index (κ2) is 5.68. The molecule has 96 valence electrons. The van der Waals surface area contributed by atoms with Crippen molar-refractivity contribution in [1.82, 2.24) is 25.9 Å². The van der Waals surface area contributed by atoms with E-state index in [0.717, 1.165) is 6.26 Å². The maximum Gasteiger partial charge on any atom is 0.237 e. The first-order chi connectivity index (χ1) is 7.88. The van der Waals surface area contributed by atoms with Gasteiger partial charge in [0.15, 0.2) is 5.82 Å². The number of carbonyl (C=O) groups is 1. The standard InChI is InChI=1S/C7H14N6O3S/c1-17(15,16)3-2-5(8)7(14)9-4-6-10-12-13-11-6/h5H,2-4,8H2,1H3,(H,9,14)(H,10,11,12,13). The molecule has 0 fully saturated rings. The fourth-order valence-electron chi connectivity index (χ4n) is 1.03. The highest BCUT2D eigenvalue weighted by Crippen LogP contribution is 1.94. The van der Waals surface area contributed by atoms with Gasteiger partial charge in [0.05, 0.1) is 18.3 Å². The summed E-state index contributed by atoms with van der Waals surface area (Å²) in [6.45, 7) is 0.0991. The molecular weight excluding hydrogens is 248 g/mol. The summed E-state index contributed by atoms with van der Waals surface area (Å²) in [7, 11) is -3.11. The Labute approximate surface area is 98.1 Å². The molecule has 4 N–H and O–H groups in total. The minimum atomic E-state index is -3.11. The van der Waals surface area contributed by atoms with Crippen LogP contribution in [-0.4, -0.2) is 53.0 Å². The third-order valence-corrected chi connectivity index (χ3v) is 2.92. The summed E-state index contributed by atoms with van der Waals surface area (Å²) in [4.78, 5) is 11.4. The number of hydrogen-bond acceptors (Lipinski definition) is 7. The lowest BCUT2D eigenvalue weighted by atomic mass is 10.2. The molecule has 0 saturated carbocycles. The van der Waals surface area contributed by atoms with Gasteiger partial charge in [0, 0.05) is 6.26 Å². The van der Waals surface area contributed by atoms with Gasteiger partial charge in [0.25, 0.3) is 0 Å². The molecule has 0 radical (unpaired) electrons. The van der Waals surface area contributed by atoms with Crippen LogP contribution >= 0.6 is 0 Å². The average Bonchev–Trinajstić information content (AvgIpc) is 2.74. The molecule has 9 nitrogen and oxygen atoms in total. The second-order valence-electron chi connectivity index (χ2n) is 3.57. The molecule has 1 amide bonds. The van der Waals surface area contributed by atoms with Crippen LogP contribution in [0.25, 0.3) is 0 Å². The monoisotopic (exact) mass is 262 g/mol. The van der Waals surface area contributed by atoms with E-state index in [2.05, 4.69) is 25.9 Å². The van der Waals surface area contributed by atoms with Gasteiger partial charge < -0.3 is 11.1 Å². The number of nitrogens with zero attached hydrogens (tertiary/aromatic N) is 3. The minimum absolute atomic E-state index is 0.0803. The zero-order chi connectivity index (χ0) is 12.9. The van der Waals surface area contributed by atoms with E-state index in [1.165, 1.54) is 0 Å². The van der Waals surface area contributed by atoms with Gasteiger partial charge in [-0.05, 0) is 6.42 Å².